The second kappa shape index (κ2) is 13.1. The Labute approximate surface area is 275 Å². The first kappa shape index (κ1) is 33.5. The van der Waals surface area contributed by atoms with E-state index < -0.39 is 23.2 Å². The van der Waals surface area contributed by atoms with Crippen LogP contribution >= 0.6 is 0 Å². The second-order valence-electron chi connectivity index (χ2n) is 13.8. The Morgan fingerprint density at radius 1 is 0.851 bits per heavy atom. The van der Waals surface area contributed by atoms with Gasteiger partial charge in [-0.1, -0.05) is 0 Å². The van der Waals surface area contributed by atoms with Crippen LogP contribution in [0.25, 0.3) is 5.82 Å². The van der Waals surface area contributed by atoms with Crippen LogP contribution in [0.15, 0.2) is 36.8 Å². The maximum Gasteiger partial charge on any atom is 0.410 e. The number of fused-ring (bicyclic) bond motifs is 1. The SMILES string of the molecule is COc1cc(N2CCN(C(=O)OC(C)(C)C)CC2)ccc1NN1C=C(N2CCN(C(=O)OC(C)(C)C)CC2)n2ccnc2C1C(N)=O. The van der Waals surface area contributed by atoms with E-state index in [0.717, 1.165) is 11.5 Å². The molecule has 47 heavy (non-hydrogen) atoms. The first-order chi connectivity index (χ1) is 22.1. The van der Waals surface area contributed by atoms with Crippen LogP contribution in [-0.2, 0) is 14.3 Å². The Morgan fingerprint density at radius 3 is 1.91 bits per heavy atom. The van der Waals surface area contributed by atoms with Crippen LogP contribution in [0, 0.1) is 0 Å². The van der Waals surface area contributed by atoms with E-state index in [-0.39, 0.29) is 12.2 Å². The molecule has 1 aromatic carbocycles. The standard InChI is InChI=1S/C32H47N9O6/c1-31(2,3)46-29(43)38-16-12-36(13-17-38)22-8-9-23(24(20-22)45-7)35-41-21-25(40-11-10-34-28(40)26(41)27(33)42)37-14-18-39(19-15-37)30(44)47-32(4,5)6/h8-11,20-21,26,35H,12-19H2,1-7H3,(H2,33,42). The van der Waals surface area contributed by atoms with Gasteiger partial charge in [-0.15, -0.1) is 0 Å². The number of aromatic nitrogens is 2. The van der Waals surface area contributed by atoms with Crippen LogP contribution in [0.3, 0.4) is 0 Å². The molecular formula is C32H47N9O6. The van der Waals surface area contributed by atoms with Gasteiger partial charge in [0.1, 0.15) is 28.6 Å². The molecule has 0 radical (unpaired) electrons. The fraction of sp³-hybridized carbons (Fsp3) is 0.562. The average Bonchev–Trinajstić information content (AvgIpc) is 3.49. The van der Waals surface area contributed by atoms with Gasteiger partial charge in [0, 0.05) is 76.5 Å². The summed E-state index contributed by atoms with van der Waals surface area (Å²) in [4.78, 5) is 50.2. The van der Waals surface area contributed by atoms with Crippen LogP contribution in [-0.4, -0.2) is 118 Å². The number of rotatable bonds is 6. The number of imidazole rings is 1. The molecule has 2 saturated heterocycles. The Morgan fingerprint density at radius 2 is 1.40 bits per heavy atom. The van der Waals surface area contributed by atoms with E-state index in [1.54, 1.807) is 34.3 Å². The topological polar surface area (TPSA) is 151 Å². The fourth-order valence-electron chi connectivity index (χ4n) is 5.72. The van der Waals surface area contributed by atoms with Crippen LogP contribution in [0.4, 0.5) is 21.0 Å². The molecule has 15 heteroatoms. The van der Waals surface area contributed by atoms with Crippen molar-refractivity contribution >= 4 is 35.3 Å². The van der Waals surface area contributed by atoms with Gasteiger partial charge in [-0.3, -0.25) is 19.8 Å². The normalized spacial score (nSPS) is 18.7. The highest BCUT2D eigenvalue weighted by Crippen LogP contribution is 2.35. The molecule has 0 aliphatic carbocycles. The van der Waals surface area contributed by atoms with Crippen LogP contribution in [0.5, 0.6) is 5.75 Å². The van der Waals surface area contributed by atoms with Crippen molar-refractivity contribution in [2.45, 2.75) is 58.8 Å². The summed E-state index contributed by atoms with van der Waals surface area (Å²) in [6.45, 7) is 15.5. The molecule has 0 bridgehead atoms. The van der Waals surface area contributed by atoms with Gasteiger partial charge in [0.25, 0.3) is 0 Å². The summed E-state index contributed by atoms with van der Waals surface area (Å²) in [5.74, 6) is 1.24. The van der Waals surface area contributed by atoms with Gasteiger partial charge in [0.05, 0.1) is 19.0 Å². The maximum atomic E-state index is 12.8. The van der Waals surface area contributed by atoms with Gasteiger partial charge in [-0.2, -0.15) is 0 Å². The third kappa shape index (κ3) is 7.77. The van der Waals surface area contributed by atoms with Crippen molar-refractivity contribution in [3.8, 4) is 5.75 Å². The molecule has 5 rings (SSSR count). The highest BCUT2D eigenvalue weighted by Gasteiger charge is 2.37. The number of carbonyl (C=O) groups is 3. The molecule has 4 heterocycles. The molecule has 1 unspecified atom stereocenters. The van der Waals surface area contributed by atoms with Crippen LogP contribution in [0.1, 0.15) is 53.4 Å². The quantitative estimate of drug-likeness (QED) is 0.473. The molecule has 3 amide bonds. The lowest BCUT2D eigenvalue weighted by atomic mass is 10.2. The zero-order valence-corrected chi connectivity index (χ0v) is 28.4. The highest BCUT2D eigenvalue weighted by molar-refractivity contribution is 5.82. The minimum atomic E-state index is -0.901. The molecule has 3 aliphatic rings. The van der Waals surface area contributed by atoms with E-state index in [1.165, 1.54) is 0 Å². The predicted molar refractivity (Wildman–Crippen MR) is 176 cm³/mol. The number of hydrazine groups is 1. The van der Waals surface area contributed by atoms with Crippen molar-refractivity contribution < 1.29 is 28.6 Å². The Kier molecular flexibility index (Phi) is 9.36. The molecule has 1 atom stereocenters. The number of nitrogens with zero attached hydrogens (tertiary/aromatic N) is 7. The zero-order chi connectivity index (χ0) is 34.1. The zero-order valence-electron chi connectivity index (χ0n) is 28.4. The predicted octanol–water partition coefficient (Wildman–Crippen LogP) is 3.13. The third-order valence-corrected chi connectivity index (χ3v) is 7.95. The van der Waals surface area contributed by atoms with E-state index >= 15 is 0 Å². The summed E-state index contributed by atoms with van der Waals surface area (Å²) >= 11 is 0. The summed E-state index contributed by atoms with van der Waals surface area (Å²) in [6, 6.07) is 4.89. The Hall–Kier alpha value is -4.82. The number of nitrogens with two attached hydrogens (primary N) is 1. The lowest BCUT2D eigenvalue weighted by Gasteiger charge is -2.41. The number of methoxy groups -OCH3 is 1. The van der Waals surface area contributed by atoms with Crippen molar-refractivity contribution in [1.29, 1.82) is 0 Å². The van der Waals surface area contributed by atoms with Crippen molar-refractivity contribution in [1.82, 2.24) is 29.3 Å². The third-order valence-electron chi connectivity index (χ3n) is 7.95. The number of piperazine rings is 2. The summed E-state index contributed by atoms with van der Waals surface area (Å²) in [5.41, 5.74) is 9.71. The number of ether oxygens (including phenoxy) is 3. The number of anilines is 2. The van der Waals surface area contributed by atoms with Gasteiger partial charge in [-0.25, -0.2) is 14.6 Å². The van der Waals surface area contributed by atoms with E-state index in [9.17, 15) is 14.4 Å². The lowest BCUT2D eigenvalue weighted by molar-refractivity contribution is -0.122. The van der Waals surface area contributed by atoms with Crippen molar-refractivity contribution in [3.63, 3.8) is 0 Å². The largest absolute Gasteiger partial charge is 0.494 e. The average molecular weight is 654 g/mol. The molecule has 2 aromatic rings. The van der Waals surface area contributed by atoms with Crippen LogP contribution < -0.4 is 20.8 Å². The van der Waals surface area contributed by atoms with Crippen molar-refractivity contribution in [3.05, 3.63) is 42.6 Å². The first-order valence-corrected chi connectivity index (χ1v) is 15.9. The maximum absolute atomic E-state index is 12.8. The summed E-state index contributed by atoms with van der Waals surface area (Å²) in [5, 5.41) is 1.65. The number of nitrogens with one attached hydrogen (secondary N) is 1. The van der Waals surface area contributed by atoms with Gasteiger partial charge in [0.2, 0.25) is 5.91 Å². The second-order valence-corrected chi connectivity index (χ2v) is 13.8. The van der Waals surface area contributed by atoms with Crippen molar-refractivity contribution in [2.75, 3.05) is 69.8 Å². The lowest BCUT2D eigenvalue weighted by Crippen LogP contribution is -2.51. The fourth-order valence-corrected chi connectivity index (χ4v) is 5.72. The van der Waals surface area contributed by atoms with Gasteiger partial charge < -0.3 is 39.5 Å². The molecule has 3 aliphatic heterocycles. The van der Waals surface area contributed by atoms with Gasteiger partial charge >= 0.3 is 12.2 Å². The monoisotopic (exact) mass is 653 g/mol. The first-order valence-electron chi connectivity index (χ1n) is 15.9. The van der Waals surface area contributed by atoms with E-state index in [2.05, 4.69) is 20.2 Å². The highest BCUT2D eigenvalue weighted by atomic mass is 16.6. The number of hydrogen-bond donors (Lipinski definition) is 2. The molecule has 0 saturated carbocycles. The molecular weight excluding hydrogens is 606 g/mol. The minimum Gasteiger partial charge on any atom is -0.494 e. The Balaban J connectivity index is 1.32. The number of carbonyl (C=O) groups excluding carboxylic acids is 3. The summed E-state index contributed by atoms with van der Waals surface area (Å²) < 4.78 is 18.7. The molecule has 0 spiro atoms. The molecule has 1 aromatic heterocycles. The summed E-state index contributed by atoms with van der Waals surface area (Å²) in [7, 11) is 1.59. The molecule has 15 nitrogen and oxygen atoms in total. The number of benzene rings is 1. The minimum absolute atomic E-state index is 0.308. The smallest absolute Gasteiger partial charge is 0.410 e. The molecule has 256 valence electrons. The molecule has 2 fully saturated rings. The van der Waals surface area contributed by atoms with Gasteiger partial charge in [0.15, 0.2) is 6.04 Å². The Bertz CT molecular complexity index is 1490. The number of primary amides is 1. The van der Waals surface area contributed by atoms with Gasteiger partial charge in [-0.05, 0) is 53.7 Å². The number of amides is 3. The molecule has 3 N–H and O–H groups in total. The van der Waals surface area contributed by atoms with E-state index in [0.29, 0.717) is 69.6 Å². The number of hydrogen-bond acceptors (Lipinski definition) is 11. The summed E-state index contributed by atoms with van der Waals surface area (Å²) in [6.07, 6.45) is 4.62. The van der Waals surface area contributed by atoms with E-state index in [1.807, 2.05) is 70.5 Å². The van der Waals surface area contributed by atoms with E-state index in [4.69, 9.17) is 19.9 Å². The van der Waals surface area contributed by atoms with Crippen molar-refractivity contribution in [2.24, 2.45) is 5.73 Å². The van der Waals surface area contributed by atoms with Crippen LogP contribution in [0.2, 0.25) is 0 Å².